The second-order valence-electron chi connectivity index (χ2n) is 5.31. The van der Waals surface area contributed by atoms with Crippen molar-refractivity contribution in [1.82, 2.24) is 4.90 Å². The lowest BCUT2D eigenvalue weighted by atomic mass is 10.1. The molecule has 2 aromatic rings. The summed E-state index contributed by atoms with van der Waals surface area (Å²) in [6, 6.07) is 13.1. The Bertz CT molecular complexity index is 797. The van der Waals surface area contributed by atoms with Crippen LogP contribution in [0, 0.1) is 0 Å². The molecule has 0 fully saturated rings. The van der Waals surface area contributed by atoms with E-state index < -0.39 is 24.3 Å². The van der Waals surface area contributed by atoms with Gasteiger partial charge in [-0.3, -0.25) is 24.1 Å². The molecule has 7 heteroatoms. The summed E-state index contributed by atoms with van der Waals surface area (Å²) >= 11 is 0. The highest BCUT2D eigenvalue weighted by Gasteiger charge is 2.37. The van der Waals surface area contributed by atoms with Gasteiger partial charge in [-0.2, -0.15) is 5.06 Å². The zero-order chi connectivity index (χ0) is 18.0. The molecule has 0 N–H and O–H groups in total. The molecular formula is C18H16N2O5. The lowest BCUT2D eigenvalue weighted by Gasteiger charge is -2.22. The second-order valence-corrected chi connectivity index (χ2v) is 5.31. The van der Waals surface area contributed by atoms with Gasteiger partial charge in [-0.1, -0.05) is 12.1 Å². The number of carbonyl (C=O) groups excluding carboxylic acids is 3. The first kappa shape index (κ1) is 16.7. The highest BCUT2D eigenvalue weighted by molar-refractivity contribution is 6.22. The molecule has 2 aromatic carbocycles. The van der Waals surface area contributed by atoms with Crippen LogP contribution in [0.2, 0.25) is 0 Å². The smallest absolute Gasteiger partial charge is 0.271 e. The van der Waals surface area contributed by atoms with Gasteiger partial charge in [0.05, 0.1) is 31.0 Å². The summed E-state index contributed by atoms with van der Waals surface area (Å²) in [6.45, 7) is -0.411. The number of anilines is 1. The summed E-state index contributed by atoms with van der Waals surface area (Å²) < 4.78 is 5.07. The number of imide groups is 1. The Balaban J connectivity index is 1.79. The van der Waals surface area contributed by atoms with Gasteiger partial charge in [0.2, 0.25) is 0 Å². The minimum absolute atomic E-state index is 0.300. The maximum atomic E-state index is 12.6. The van der Waals surface area contributed by atoms with E-state index in [4.69, 9.17) is 9.57 Å². The third kappa shape index (κ3) is 2.97. The molecule has 3 rings (SSSR count). The number of methoxy groups -OCH3 is 1. The number of benzene rings is 2. The van der Waals surface area contributed by atoms with Crippen LogP contribution in [-0.2, 0) is 9.63 Å². The van der Waals surface area contributed by atoms with E-state index in [-0.39, 0.29) is 0 Å². The normalized spacial score (nSPS) is 13.0. The van der Waals surface area contributed by atoms with Crippen molar-refractivity contribution >= 4 is 23.4 Å². The predicted octanol–water partition coefficient (Wildman–Crippen LogP) is 1.89. The van der Waals surface area contributed by atoms with E-state index in [9.17, 15) is 14.4 Å². The van der Waals surface area contributed by atoms with Crippen LogP contribution in [-0.4, -0.2) is 43.4 Å². The van der Waals surface area contributed by atoms with Gasteiger partial charge < -0.3 is 4.74 Å². The number of rotatable bonds is 5. The van der Waals surface area contributed by atoms with Gasteiger partial charge in [-0.05, 0) is 36.4 Å². The summed E-state index contributed by atoms with van der Waals surface area (Å²) in [5.41, 5.74) is 1.06. The Hall–Kier alpha value is -3.19. The minimum Gasteiger partial charge on any atom is -0.497 e. The molecule has 0 saturated carbocycles. The molecule has 1 heterocycles. The Kier molecular flexibility index (Phi) is 4.49. The van der Waals surface area contributed by atoms with Crippen LogP contribution in [0.3, 0.4) is 0 Å². The lowest BCUT2D eigenvalue weighted by Crippen LogP contribution is -2.42. The van der Waals surface area contributed by atoms with Gasteiger partial charge in [0.25, 0.3) is 17.7 Å². The number of fused-ring (bicyclic) bond motifs is 1. The van der Waals surface area contributed by atoms with E-state index in [1.165, 1.54) is 14.2 Å². The SMILES string of the molecule is COc1ccc(N(OC)C(=O)CN2C(=O)c3ccccc3C2=O)cc1. The van der Waals surface area contributed by atoms with Crippen molar-refractivity contribution in [3.63, 3.8) is 0 Å². The molecular weight excluding hydrogens is 324 g/mol. The second kappa shape index (κ2) is 6.74. The largest absolute Gasteiger partial charge is 0.497 e. The van der Waals surface area contributed by atoms with E-state index in [2.05, 4.69) is 0 Å². The third-order valence-electron chi connectivity index (χ3n) is 3.89. The van der Waals surface area contributed by atoms with Crippen molar-refractivity contribution in [3.05, 3.63) is 59.7 Å². The molecule has 0 aliphatic carbocycles. The molecule has 0 radical (unpaired) electrons. The molecule has 25 heavy (non-hydrogen) atoms. The quantitative estimate of drug-likeness (QED) is 0.614. The average Bonchev–Trinajstić information content (AvgIpc) is 2.88. The molecule has 0 saturated heterocycles. The van der Waals surface area contributed by atoms with Crippen molar-refractivity contribution in [2.45, 2.75) is 0 Å². The number of carbonyl (C=O) groups is 3. The minimum atomic E-state index is -0.540. The fraction of sp³-hybridized carbons (Fsp3) is 0.167. The van der Waals surface area contributed by atoms with Crippen LogP contribution in [0.5, 0.6) is 5.75 Å². The fourth-order valence-corrected chi connectivity index (χ4v) is 2.65. The molecule has 3 amide bonds. The molecule has 0 atom stereocenters. The number of nitrogens with zero attached hydrogens (tertiary/aromatic N) is 2. The number of amides is 3. The van der Waals surface area contributed by atoms with E-state index in [1.807, 2.05) is 0 Å². The lowest BCUT2D eigenvalue weighted by molar-refractivity contribution is -0.125. The predicted molar refractivity (Wildman–Crippen MR) is 89.3 cm³/mol. The molecule has 128 valence electrons. The van der Waals surface area contributed by atoms with E-state index in [0.717, 1.165) is 9.96 Å². The maximum Gasteiger partial charge on any atom is 0.271 e. The van der Waals surface area contributed by atoms with Crippen molar-refractivity contribution in [2.24, 2.45) is 0 Å². The standard InChI is InChI=1S/C18H16N2O5/c1-24-13-9-7-12(8-10-13)20(25-2)16(21)11-19-17(22)14-5-3-4-6-15(14)18(19)23/h3-10H,11H2,1-2H3. The Labute approximate surface area is 144 Å². The van der Waals surface area contributed by atoms with E-state index in [0.29, 0.717) is 22.6 Å². The molecule has 0 unspecified atom stereocenters. The van der Waals surface area contributed by atoms with E-state index >= 15 is 0 Å². The molecule has 7 nitrogen and oxygen atoms in total. The van der Waals surface area contributed by atoms with Gasteiger partial charge in [-0.25, -0.2) is 0 Å². The maximum absolute atomic E-state index is 12.6. The summed E-state index contributed by atoms with van der Waals surface area (Å²) in [5, 5.41) is 1.03. The number of hydrogen-bond donors (Lipinski definition) is 0. The van der Waals surface area contributed by atoms with E-state index in [1.54, 1.807) is 48.5 Å². The van der Waals surface area contributed by atoms with Crippen LogP contribution in [0.25, 0.3) is 0 Å². The van der Waals surface area contributed by atoms with Crippen LogP contribution < -0.4 is 9.80 Å². The zero-order valence-electron chi connectivity index (χ0n) is 13.8. The molecule has 1 aliphatic heterocycles. The summed E-state index contributed by atoms with van der Waals surface area (Å²) in [7, 11) is 2.88. The molecule has 0 aromatic heterocycles. The number of ether oxygens (including phenoxy) is 1. The van der Waals surface area contributed by atoms with Crippen LogP contribution in [0.4, 0.5) is 5.69 Å². The first-order valence-electron chi connectivity index (χ1n) is 7.53. The summed E-state index contributed by atoms with van der Waals surface area (Å²) in [5.74, 6) is -0.880. The first-order valence-corrected chi connectivity index (χ1v) is 7.53. The highest BCUT2D eigenvalue weighted by Crippen LogP contribution is 2.24. The van der Waals surface area contributed by atoms with Crippen molar-refractivity contribution in [1.29, 1.82) is 0 Å². The van der Waals surface area contributed by atoms with Gasteiger partial charge in [0.1, 0.15) is 12.3 Å². The van der Waals surface area contributed by atoms with Crippen molar-refractivity contribution < 1.29 is 24.0 Å². The number of hydroxylamine groups is 1. The first-order chi connectivity index (χ1) is 12.1. The van der Waals surface area contributed by atoms with Gasteiger partial charge in [0, 0.05) is 0 Å². The van der Waals surface area contributed by atoms with Crippen LogP contribution >= 0.6 is 0 Å². The number of hydrogen-bond acceptors (Lipinski definition) is 5. The molecule has 1 aliphatic rings. The third-order valence-corrected chi connectivity index (χ3v) is 3.89. The topological polar surface area (TPSA) is 76.2 Å². The van der Waals surface area contributed by atoms with Gasteiger partial charge in [0.15, 0.2) is 0 Å². The highest BCUT2D eigenvalue weighted by atomic mass is 16.7. The molecule has 0 spiro atoms. The van der Waals surface area contributed by atoms with Gasteiger partial charge >= 0.3 is 0 Å². The fourth-order valence-electron chi connectivity index (χ4n) is 2.65. The summed E-state index contributed by atoms with van der Waals surface area (Å²) in [4.78, 5) is 43.3. The van der Waals surface area contributed by atoms with Gasteiger partial charge in [-0.15, -0.1) is 0 Å². The van der Waals surface area contributed by atoms with Crippen LogP contribution in [0.15, 0.2) is 48.5 Å². The van der Waals surface area contributed by atoms with Crippen molar-refractivity contribution in [3.8, 4) is 5.75 Å². The Morgan fingerprint density at radius 3 is 2.00 bits per heavy atom. The van der Waals surface area contributed by atoms with Crippen LogP contribution in [0.1, 0.15) is 20.7 Å². The Morgan fingerprint density at radius 2 is 1.52 bits per heavy atom. The Morgan fingerprint density at radius 1 is 0.960 bits per heavy atom. The molecule has 0 bridgehead atoms. The average molecular weight is 340 g/mol. The summed E-state index contributed by atoms with van der Waals surface area (Å²) in [6.07, 6.45) is 0. The zero-order valence-corrected chi connectivity index (χ0v) is 13.8. The van der Waals surface area contributed by atoms with Crippen molar-refractivity contribution in [2.75, 3.05) is 25.8 Å². The monoisotopic (exact) mass is 340 g/mol.